The number of carbonyl (C=O) groups is 2. The second-order valence-corrected chi connectivity index (χ2v) is 7.21. The first-order chi connectivity index (χ1) is 11.3. The molecule has 8 nitrogen and oxygen atoms in total. The Morgan fingerprint density at radius 1 is 1.25 bits per heavy atom. The summed E-state index contributed by atoms with van der Waals surface area (Å²) >= 11 is 0. The fourth-order valence-corrected chi connectivity index (χ4v) is 4.37. The molecular formula is C15H19NO7S. The zero-order chi connectivity index (χ0) is 17.9. The molecule has 0 aliphatic carbocycles. The summed E-state index contributed by atoms with van der Waals surface area (Å²) in [7, 11) is -1.53. The fourth-order valence-electron chi connectivity index (χ4n) is 2.69. The molecule has 0 spiro atoms. The van der Waals surface area contributed by atoms with E-state index in [0.29, 0.717) is 12.8 Å². The molecule has 1 aromatic carbocycles. The number of methoxy groups -OCH3 is 2. The number of esters is 1. The fraction of sp³-hybridized carbons (Fsp3) is 0.467. The molecule has 1 aliphatic rings. The Bertz CT molecular complexity index is 744. The highest BCUT2D eigenvalue weighted by Gasteiger charge is 2.38. The van der Waals surface area contributed by atoms with Crippen LogP contribution in [0.4, 0.5) is 0 Å². The Morgan fingerprint density at radius 2 is 1.96 bits per heavy atom. The van der Waals surface area contributed by atoms with E-state index in [-0.39, 0.29) is 29.2 Å². The molecule has 0 saturated carbocycles. The lowest BCUT2D eigenvalue weighted by Gasteiger charge is -2.31. The zero-order valence-electron chi connectivity index (χ0n) is 13.4. The van der Waals surface area contributed by atoms with E-state index in [9.17, 15) is 23.1 Å². The molecule has 1 aliphatic heterocycles. The standard InChI is InChI=1S/C15H19NO7S/c1-22-13-7-6-10(9-11(13)15(19)23-2)24(20,21)16-8-4-3-5-12(16)14(17)18/h6-7,9,12H,3-5,8H2,1-2H3,(H,17,18). The molecule has 0 aromatic heterocycles. The Hall–Kier alpha value is -2.13. The van der Waals surface area contributed by atoms with Gasteiger partial charge < -0.3 is 14.6 Å². The maximum absolute atomic E-state index is 12.8. The molecule has 24 heavy (non-hydrogen) atoms. The topological polar surface area (TPSA) is 110 Å². The Balaban J connectivity index is 2.49. The van der Waals surface area contributed by atoms with E-state index in [1.807, 2.05) is 0 Å². The number of hydrogen-bond donors (Lipinski definition) is 1. The van der Waals surface area contributed by atoms with Gasteiger partial charge >= 0.3 is 11.9 Å². The molecule has 9 heteroatoms. The monoisotopic (exact) mass is 357 g/mol. The maximum atomic E-state index is 12.8. The summed E-state index contributed by atoms with van der Waals surface area (Å²) < 4.78 is 36.3. The van der Waals surface area contributed by atoms with Gasteiger partial charge in [-0.25, -0.2) is 13.2 Å². The smallest absolute Gasteiger partial charge is 0.341 e. The minimum Gasteiger partial charge on any atom is -0.496 e. The Morgan fingerprint density at radius 3 is 2.54 bits per heavy atom. The number of piperidine rings is 1. The summed E-state index contributed by atoms with van der Waals surface area (Å²) in [5, 5.41) is 9.28. The number of rotatable bonds is 5. The van der Waals surface area contributed by atoms with E-state index in [0.717, 1.165) is 10.4 Å². The average molecular weight is 357 g/mol. The summed E-state index contributed by atoms with van der Waals surface area (Å²) in [6, 6.07) is 2.67. The summed E-state index contributed by atoms with van der Waals surface area (Å²) in [5.74, 6) is -1.74. The van der Waals surface area contributed by atoms with Crippen LogP contribution >= 0.6 is 0 Å². The Kier molecular flexibility index (Phi) is 5.45. The lowest BCUT2D eigenvalue weighted by molar-refractivity contribution is -0.142. The first-order valence-corrected chi connectivity index (χ1v) is 8.78. The molecule has 1 fully saturated rings. The first kappa shape index (κ1) is 18.2. The minimum atomic E-state index is -4.06. The van der Waals surface area contributed by atoms with Gasteiger partial charge in [-0.1, -0.05) is 0 Å². The van der Waals surface area contributed by atoms with Gasteiger partial charge in [0.1, 0.15) is 17.4 Å². The van der Waals surface area contributed by atoms with E-state index in [1.54, 1.807) is 0 Å². The van der Waals surface area contributed by atoms with E-state index in [2.05, 4.69) is 4.74 Å². The highest BCUT2D eigenvalue weighted by molar-refractivity contribution is 7.89. The zero-order valence-corrected chi connectivity index (χ0v) is 14.2. The van der Waals surface area contributed by atoms with Crippen molar-refractivity contribution < 1.29 is 32.6 Å². The molecule has 0 radical (unpaired) electrons. The van der Waals surface area contributed by atoms with Crippen molar-refractivity contribution in [2.75, 3.05) is 20.8 Å². The molecule has 1 atom stereocenters. The van der Waals surface area contributed by atoms with Crippen LogP contribution in [0.3, 0.4) is 0 Å². The summed E-state index contributed by atoms with van der Waals surface area (Å²) in [4.78, 5) is 23.0. The molecule has 1 N–H and O–H groups in total. The van der Waals surface area contributed by atoms with Gasteiger partial charge in [0.25, 0.3) is 0 Å². The van der Waals surface area contributed by atoms with E-state index < -0.39 is 28.0 Å². The molecule has 2 rings (SSSR count). The summed E-state index contributed by atoms with van der Waals surface area (Å²) in [6.45, 7) is 0.124. The molecular weight excluding hydrogens is 338 g/mol. The van der Waals surface area contributed by atoms with Crippen LogP contribution < -0.4 is 4.74 Å². The quantitative estimate of drug-likeness (QED) is 0.786. The van der Waals surface area contributed by atoms with Gasteiger partial charge in [-0.05, 0) is 37.5 Å². The highest BCUT2D eigenvalue weighted by atomic mass is 32.2. The van der Waals surface area contributed by atoms with Crippen molar-refractivity contribution >= 4 is 22.0 Å². The van der Waals surface area contributed by atoms with Gasteiger partial charge in [0.05, 0.1) is 19.1 Å². The average Bonchev–Trinajstić information content (AvgIpc) is 2.60. The van der Waals surface area contributed by atoms with E-state index >= 15 is 0 Å². The predicted octanol–water partition coefficient (Wildman–Crippen LogP) is 1.11. The number of nitrogens with zero attached hydrogens (tertiary/aromatic N) is 1. The number of benzene rings is 1. The third-order valence-electron chi connectivity index (χ3n) is 3.92. The molecule has 132 valence electrons. The lowest BCUT2D eigenvalue weighted by atomic mass is 10.1. The third kappa shape index (κ3) is 3.36. The van der Waals surface area contributed by atoms with Gasteiger partial charge in [-0.3, -0.25) is 4.79 Å². The Labute approximate surface area is 140 Å². The third-order valence-corrected chi connectivity index (χ3v) is 5.83. The molecule has 0 bridgehead atoms. The molecule has 1 heterocycles. The molecule has 0 amide bonds. The number of carbonyl (C=O) groups excluding carboxylic acids is 1. The number of aliphatic carboxylic acids is 1. The van der Waals surface area contributed by atoms with Crippen LogP contribution in [-0.2, 0) is 19.6 Å². The van der Waals surface area contributed by atoms with Gasteiger partial charge in [0, 0.05) is 6.54 Å². The van der Waals surface area contributed by atoms with E-state index in [4.69, 9.17) is 4.74 Å². The largest absolute Gasteiger partial charge is 0.496 e. The number of carboxylic acid groups (broad SMARTS) is 1. The SMILES string of the molecule is COC(=O)c1cc(S(=O)(=O)N2CCCCC2C(=O)O)ccc1OC. The summed E-state index contributed by atoms with van der Waals surface area (Å²) in [5.41, 5.74) is -0.0371. The normalized spacial score (nSPS) is 18.8. The van der Waals surface area contributed by atoms with Crippen LogP contribution in [0.5, 0.6) is 5.75 Å². The van der Waals surface area contributed by atoms with Crippen molar-refractivity contribution in [1.29, 1.82) is 0 Å². The van der Waals surface area contributed by atoms with Gasteiger partial charge in [0.2, 0.25) is 10.0 Å². The van der Waals surface area contributed by atoms with Crippen molar-refractivity contribution in [1.82, 2.24) is 4.31 Å². The van der Waals surface area contributed by atoms with Crippen molar-refractivity contribution in [2.45, 2.75) is 30.2 Å². The second kappa shape index (κ2) is 7.18. The van der Waals surface area contributed by atoms with Crippen molar-refractivity contribution in [3.05, 3.63) is 23.8 Å². The predicted molar refractivity (Wildman–Crippen MR) is 83.5 cm³/mol. The van der Waals surface area contributed by atoms with Crippen LogP contribution in [0.1, 0.15) is 29.6 Å². The second-order valence-electron chi connectivity index (χ2n) is 5.32. The molecule has 1 aromatic rings. The van der Waals surface area contributed by atoms with Crippen LogP contribution in [-0.4, -0.2) is 56.6 Å². The minimum absolute atomic E-state index is 0.0371. The molecule has 1 saturated heterocycles. The van der Waals surface area contributed by atoms with Gasteiger partial charge in [0.15, 0.2) is 0 Å². The van der Waals surface area contributed by atoms with Crippen molar-refractivity contribution in [3.8, 4) is 5.75 Å². The summed E-state index contributed by atoms with van der Waals surface area (Å²) in [6.07, 6.45) is 1.50. The van der Waals surface area contributed by atoms with Gasteiger partial charge in [-0.15, -0.1) is 0 Å². The maximum Gasteiger partial charge on any atom is 0.341 e. The van der Waals surface area contributed by atoms with Crippen LogP contribution in [0.25, 0.3) is 0 Å². The van der Waals surface area contributed by atoms with Crippen molar-refractivity contribution in [3.63, 3.8) is 0 Å². The van der Waals surface area contributed by atoms with Gasteiger partial charge in [-0.2, -0.15) is 4.31 Å². The number of carboxylic acids is 1. The van der Waals surface area contributed by atoms with Crippen LogP contribution in [0, 0.1) is 0 Å². The first-order valence-electron chi connectivity index (χ1n) is 7.34. The number of hydrogen-bond acceptors (Lipinski definition) is 6. The van der Waals surface area contributed by atoms with Crippen molar-refractivity contribution in [2.24, 2.45) is 0 Å². The number of sulfonamides is 1. The molecule has 1 unspecified atom stereocenters. The van der Waals surface area contributed by atoms with E-state index in [1.165, 1.54) is 26.4 Å². The highest BCUT2D eigenvalue weighted by Crippen LogP contribution is 2.29. The van der Waals surface area contributed by atoms with Crippen LogP contribution in [0.15, 0.2) is 23.1 Å². The number of ether oxygens (including phenoxy) is 2. The lowest BCUT2D eigenvalue weighted by Crippen LogP contribution is -2.47. The van der Waals surface area contributed by atoms with Crippen LogP contribution in [0.2, 0.25) is 0 Å².